The Morgan fingerprint density at radius 2 is 2.37 bits per heavy atom. The van der Waals surface area contributed by atoms with E-state index in [0.29, 0.717) is 12.2 Å². The summed E-state index contributed by atoms with van der Waals surface area (Å²) >= 11 is 1.58. The Balaban J connectivity index is 1.79. The number of phenolic OH excluding ortho intramolecular Hbond substituents is 1. The van der Waals surface area contributed by atoms with E-state index in [0.717, 1.165) is 16.5 Å². The maximum absolute atomic E-state index is 10.8. The number of carbonyl (C=O) groups excluding carboxylic acids is 1. The van der Waals surface area contributed by atoms with Crippen molar-refractivity contribution in [1.82, 2.24) is 10.3 Å². The molecule has 1 aromatic heterocycles. The first-order valence-corrected chi connectivity index (χ1v) is 7.06. The number of carbonyl (C=O) groups is 1. The maximum atomic E-state index is 10.8. The fourth-order valence-electron chi connectivity index (χ4n) is 2.32. The van der Waals surface area contributed by atoms with Crippen molar-refractivity contribution in [3.8, 4) is 5.75 Å². The number of hydrogen-bond acceptors (Lipinski definition) is 5. The van der Waals surface area contributed by atoms with Gasteiger partial charge in [-0.2, -0.15) is 0 Å². The largest absolute Gasteiger partial charge is 0.548 e. The highest BCUT2D eigenvalue weighted by Crippen LogP contribution is 2.28. The molecule has 0 spiro atoms. The van der Waals surface area contributed by atoms with E-state index in [4.69, 9.17) is 0 Å². The smallest absolute Gasteiger partial charge is 0.116 e. The van der Waals surface area contributed by atoms with E-state index in [1.807, 2.05) is 12.3 Å². The molecular formula is C13H13N2O3S-. The van der Waals surface area contributed by atoms with Crippen molar-refractivity contribution < 1.29 is 15.0 Å². The highest BCUT2D eigenvalue weighted by atomic mass is 32.2. The van der Waals surface area contributed by atoms with E-state index < -0.39 is 12.0 Å². The van der Waals surface area contributed by atoms with Crippen LogP contribution in [0.3, 0.4) is 0 Å². The Morgan fingerprint density at radius 3 is 3.11 bits per heavy atom. The first-order chi connectivity index (χ1) is 9.13. The van der Waals surface area contributed by atoms with Crippen LogP contribution < -0.4 is 10.4 Å². The quantitative estimate of drug-likeness (QED) is 0.746. The highest BCUT2D eigenvalue weighted by Gasteiger charge is 2.25. The van der Waals surface area contributed by atoms with Gasteiger partial charge >= 0.3 is 0 Å². The molecule has 19 heavy (non-hydrogen) atoms. The number of nitrogens with one attached hydrogen (secondary N) is 2. The molecule has 2 atom stereocenters. The number of fused-ring (bicyclic) bond motifs is 1. The number of carboxylic acid groups (broad SMARTS) is 1. The van der Waals surface area contributed by atoms with Crippen LogP contribution in [-0.4, -0.2) is 33.2 Å². The summed E-state index contributed by atoms with van der Waals surface area (Å²) in [6.45, 7) is 0. The van der Waals surface area contributed by atoms with Gasteiger partial charge in [0.2, 0.25) is 0 Å². The van der Waals surface area contributed by atoms with Gasteiger partial charge in [0, 0.05) is 22.9 Å². The van der Waals surface area contributed by atoms with Crippen LogP contribution in [0.25, 0.3) is 10.9 Å². The third-order valence-electron chi connectivity index (χ3n) is 3.29. The monoisotopic (exact) mass is 277 g/mol. The van der Waals surface area contributed by atoms with Crippen molar-refractivity contribution >= 4 is 28.6 Å². The number of benzene rings is 1. The topological polar surface area (TPSA) is 88.2 Å². The molecule has 1 aliphatic rings. The van der Waals surface area contributed by atoms with E-state index in [1.165, 1.54) is 0 Å². The Labute approximate surface area is 114 Å². The van der Waals surface area contributed by atoms with Gasteiger partial charge in [0.15, 0.2) is 0 Å². The predicted octanol–water partition coefficient (Wildman–Crippen LogP) is 0.197. The fraction of sp³-hybridized carbons (Fsp3) is 0.308. The highest BCUT2D eigenvalue weighted by molar-refractivity contribution is 8.00. The SMILES string of the molecule is O=C([O-])C1CSC(Cc2c[nH]c3ccc(O)cc23)N1. The van der Waals surface area contributed by atoms with Crippen molar-refractivity contribution in [3.05, 3.63) is 30.0 Å². The molecule has 1 fully saturated rings. The number of carboxylic acids is 1. The normalized spacial score (nSPS) is 22.9. The van der Waals surface area contributed by atoms with Gasteiger partial charge in [-0.25, -0.2) is 0 Å². The number of H-pyrrole nitrogens is 1. The summed E-state index contributed by atoms with van der Waals surface area (Å²) in [5.74, 6) is -0.291. The zero-order valence-electron chi connectivity index (χ0n) is 10.1. The second kappa shape index (κ2) is 4.79. The Morgan fingerprint density at radius 1 is 1.53 bits per heavy atom. The van der Waals surface area contributed by atoms with Crippen molar-refractivity contribution in [2.45, 2.75) is 17.8 Å². The molecule has 1 aromatic carbocycles. The number of phenols is 1. The number of aliphatic carboxylic acids is 1. The molecule has 3 rings (SSSR count). The average molecular weight is 277 g/mol. The van der Waals surface area contributed by atoms with Gasteiger partial charge in [0.25, 0.3) is 0 Å². The fourth-order valence-corrected chi connectivity index (χ4v) is 3.54. The molecule has 2 aromatic rings. The number of aromatic nitrogens is 1. The second-order valence-corrected chi connectivity index (χ2v) is 5.84. The lowest BCUT2D eigenvalue weighted by Crippen LogP contribution is -2.45. The van der Waals surface area contributed by atoms with Crippen LogP contribution in [0.5, 0.6) is 5.75 Å². The molecule has 0 saturated carbocycles. The minimum absolute atomic E-state index is 0.0595. The minimum Gasteiger partial charge on any atom is -0.548 e. The van der Waals surface area contributed by atoms with E-state index in [2.05, 4.69) is 10.3 Å². The minimum atomic E-state index is -1.05. The van der Waals surface area contributed by atoms with Crippen molar-refractivity contribution in [2.75, 3.05) is 5.75 Å². The zero-order valence-corrected chi connectivity index (χ0v) is 10.9. The Kier molecular flexibility index (Phi) is 3.12. The van der Waals surface area contributed by atoms with E-state index in [9.17, 15) is 15.0 Å². The van der Waals surface area contributed by atoms with Gasteiger partial charge in [-0.1, -0.05) is 0 Å². The first kappa shape index (κ1) is 12.4. The molecule has 0 aliphatic carbocycles. The molecule has 3 N–H and O–H groups in total. The molecule has 100 valence electrons. The standard InChI is InChI=1S/C13H14N2O3S/c16-8-1-2-10-9(4-8)7(5-14-10)3-12-15-11(6-19-12)13(17)18/h1-2,4-5,11-12,14-16H,3,6H2,(H,17,18)/p-1. The summed E-state index contributed by atoms with van der Waals surface area (Å²) in [5.41, 5.74) is 2.03. The van der Waals surface area contributed by atoms with Gasteiger partial charge in [-0.05, 0) is 30.2 Å². The lowest BCUT2D eigenvalue weighted by atomic mass is 10.1. The summed E-state index contributed by atoms with van der Waals surface area (Å²) in [4.78, 5) is 13.9. The average Bonchev–Trinajstić information content (AvgIpc) is 2.98. The molecule has 5 nitrogen and oxygen atoms in total. The lowest BCUT2D eigenvalue weighted by molar-refractivity contribution is -0.307. The summed E-state index contributed by atoms with van der Waals surface area (Å²) < 4.78 is 0. The molecular weight excluding hydrogens is 264 g/mol. The third-order valence-corrected chi connectivity index (χ3v) is 4.52. The van der Waals surface area contributed by atoms with Crippen LogP contribution in [0.15, 0.2) is 24.4 Å². The molecule has 0 radical (unpaired) electrons. The third kappa shape index (κ3) is 2.41. The molecule has 0 amide bonds. The zero-order chi connectivity index (χ0) is 13.4. The first-order valence-electron chi connectivity index (χ1n) is 6.01. The summed E-state index contributed by atoms with van der Waals surface area (Å²) in [5, 5.41) is 24.4. The van der Waals surface area contributed by atoms with Gasteiger partial charge in [-0.15, -0.1) is 11.8 Å². The van der Waals surface area contributed by atoms with Crippen molar-refractivity contribution in [1.29, 1.82) is 0 Å². The number of rotatable bonds is 3. The summed E-state index contributed by atoms with van der Waals surface area (Å²) in [7, 11) is 0. The van der Waals surface area contributed by atoms with Gasteiger partial charge in [0.1, 0.15) is 5.75 Å². The molecule has 0 bridgehead atoms. The van der Waals surface area contributed by atoms with Crippen LogP contribution in [0.1, 0.15) is 5.56 Å². The Bertz CT molecular complexity index is 625. The molecule has 2 unspecified atom stereocenters. The van der Waals surface area contributed by atoms with Crippen LogP contribution in [0, 0.1) is 0 Å². The molecule has 1 saturated heterocycles. The number of thioether (sulfide) groups is 1. The van der Waals surface area contributed by atoms with Crippen molar-refractivity contribution in [3.63, 3.8) is 0 Å². The molecule has 6 heteroatoms. The molecule has 1 aliphatic heterocycles. The summed E-state index contributed by atoms with van der Waals surface area (Å²) in [6, 6.07) is 4.61. The van der Waals surface area contributed by atoms with E-state index >= 15 is 0 Å². The number of hydrogen-bond donors (Lipinski definition) is 3. The van der Waals surface area contributed by atoms with Crippen LogP contribution in [0.4, 0.5) is 0 Å². The van der Waals surface area contributed by atoms with Crippen molar-refractivity contribution in [2.24, 2.45) is 0 Å². The number of aromatic hydroxyl groups is 1. The van der Waals surface area contributed by atoms with E-state index in [1.54, 1.807) is 23.9 Å². The van der Waals surface area contributed by atoms with Crippen LogP contribution in [-0.2, 0) is 11.2 Å². The predicted molar refractivity (Wildman–Crippen MR) is 71.8 cm³/mol. The lowest BCUT2D eigenvalue weighted by Gasteiger charge is -2.13. The van der Waals surface area contributed by atoms with Crippen LogP contribution >= 0.6 is 11.8 Å². The number of aromatic amines is 1. The second-order valence-electron chi connectivity index (χ2n) is 4.61. The summed E-state index contributed by atoms with van der Waals surface area (Å²) in [6.07, 6.45) is 2.61. The van der Waals surface area contributed by atoms with Gasteiger partial charge in [0.05, 0.1) is 17.4 Å². The maximum Gasteiger partial charge on any atom is 0.116 e. The van der Waals surface area contributed by atoms with E-state index in [-0.39, 0.29) is 11.1 Å². The van der Waals surface area contributed by atoms with Gasteiger partial charge < -0.3 is 20.0 Å². The molecule has 2 heterocycles. The Hall–Kier alpha value is -1.66. The van der Waals surface area contributed by atoms with Gasteiger partial charge in [-0.3, -0.25) is 5.32 Å². The van der Waals surface area contributed by atoms with Crippen LogP contribution in [0.2, 0.25) is 0 Å².